The fraction of sp³-hybridized carbons (Fsp3) is 0.321. The van der Waals surface area contributed by atoms with Gasteiger partial charge in [0, 0.05) is 6.42 Å². The maximum absolute atomic E-state index is 13.6. The molecule has 202 valence electrons. The van der Waals surface area contributed by atoms with Crippen LogP contribution < -0.4 is 15.8 Å². The minimum Gasteiger partial charge on any atom is -0.349 e. The molecule has 10 heteroatoms. The van der Waals surface area contributed by atoms with Gasteiger partial charge in [-0.2, -0.15) is 0 Å². The van der Waals surface area contributed by atoms with Gasteiger partial charge >= 0.3 is 0 Å². The smallest absolute Gasteiger partial charge is 0.241 e. The van der Waals surface area contributed by atoms with E-state index in [1.807, 2.05) is 0 Å². The molecule has 1 amide bonds. The Labute approximate surface area is 232 Å². The number of hydrogen-bond donors (Lipinski definition) is 3. The maximum atomic E-state index is 13.6. The summed E-state index contributed by atoms with van der Waals surface area (Å²) in [6, 6.07) is 14.6. The lowest BCUT2D eigenvalue weighted by molar-refractivity contribution is -0.122. The van der Waals surface area contributed by atoms with Gasteiger partial charge in [0.2, 0.25) is 15.9 Å². The van der Waals surface area contributed by atoms with Crippen molar-refractivity contribution in [2.24, 2.45) is 5.73 Å². The number of halogens is 3. The van der Waals surface area contributed by atoms with Crippen molar-refractivity contribution >= 4 is 39.1 Å². The number of amides is 1. The zero-order valence-electron chi connectivity index (χ0n) is 20.7. The van der Waals surface area contributed by atoms with Crippen molar-refractivity contribution in [2.45, 2.75) is 55.5 Å². The highest BCUT2D eigenvalue weighted by Gasteiger charge is 2.27. The zero-order chi connectivity index (χ0) is 27.3. The summed E-state index contributed by atoms with van der Waals surface area (Å²) in [5, 5.41) is 3.40. The lowest BCUT2D eigenvalue weighted by atomic mass is 9.86. The third kappa shape index (κ3) is 7.12. The van der Waals surface area contributed by atoms with Crippen LogP contribution in [0, 0.1) is 5.82 Å². The number of sulfonamides is 1. The van der Waals surface area contributed by atoms with Gasteiger partial charge in [-0.3, -0.25) is 4.79 Å². The number of hydrogen-bond acceptors (Lipinski definition) is 4. The summed E-state index contributed by atoms with van der Waals surface area (Å²) >= 11 is 12.0. The summed E-state index contributed by atoms with van der Waals surface area (Å²) in [4.78, 5) is 13.1. The topological polar surface area (TPSA) is 101 Å². The second-order valence-electron chi connectivity index (χ2n) is 9.44. The summed E-state index contributed by atoms with van der Waals surface area (Å²) in [7, 11) is -4.07. The van der Waals surface area contributed by atoms with Crippen LogP contribution in [0.15, 0.2) is 65.6 Å². The van der Waals surface area contributed by atoms with Crippen LogP contribution in [0.3, 0.4) is 0 Å². The van der Waals surface area contributed by atoms with E-state index in [9.17, 15) is 17.6 Å². The quantitative estimate of drug-likeness (QED) is 0.290. The number of carbonyl (C=O) groups excluding carboxylic acids is 1. The molecular weight excluding hydrogens is 548 g/mol. The van der Waals surface area contributed by atoms with E-state index >= 15 is 0 Å². The summed E-state index contributed by atoms with van der Waals surface area (Å²) in [5.74, 6) is -0.782. The van der Waals surface area contributed by atoms with Gasteiger partial charge < -0.3 is 11.1 Å². The maximum Gasteiger partial charge on any atom is 0.241 e. The first-order valence-electron chi connectivity index (χ1n) is 12.5. The summed E-state index contributed by atoms with van der Waals surface area (Å²) in [5.41, 5.74) is 9.63. The first-order chi connectivity index (χ1) is 18.2. The number of rotatable bonds is 10. The number of carbonyl (C=O) groups is 1. The van der Waals surface area contributed by atoms with Crippen molar-refractivity contribution in [3.63, 3.8) is 0 Å². The molecule has 0 aliphatic heterocycles. The molecule has 0 bridgehead atoms. The molecule has 3 aromatic carbocycles. The molecule has 0 spiro atoms. The van der Waals surface area contributed by atoms with Crippen LogP contribution in [0.5, 0.6) is 0 Å². The molecule has 1 aliphatic carbocycles. The van der Waals surface area contributed by atoms with E-state index in [2.05, 4.69) is 28.2 Å². The third-order valence-electron chi connectivity index (χ3n) is 6.69. The highest BCUT2D eigenvalue weighted by atomic mass is 35.5. The van der Waals surface area contributed by atoms with E-state index in [1.54, 1.807) is 0 Å². The fourth-order valence-electron chi connectivity index (χ4n) is 4.74. The highest BCUT2D eigenvalue weighted by Crippen LogP contribution is 2.32. The normalized spacial score (nSPS) is 16.1. The molecule has 38 heavy (non-hydrogen) atoms. The molecule has 0 fully saturated rings. The standard InChI is InChI=1S/C28H30Cl2FN3O3S/c29-24-13-11-22(16-25(24)30)38(36,37)34-27(19-7-9-21(31)10-8-19)17-28(35)33-26-5-1-4-20-15-18(3-2-14-32)6-12-23(20)26/h6-13,15-16,26-27,34H,1-5,14,17,32H2,(H,33,35)/t26-,27-/m1/s1. The van der Waals surface area contributed by atoms with Gasteiger partial charge in [-0.1, -0.05) is 53.5 Å². The van der Waals surface area contributed by atoms with Crippen molar-refractivity contribution in [1.82, 2.24) is 10.0 Å². The van der Waals surface area contributed by atoms with Crippen molar-refractivity contribution < 1.29 is 17.6 Å². The van der Waals surface area contributed by atoms with E-state index in [0.29, 0.717) is 12.1 Å². The molecule has 1 aliphatic rings. The summed E-state index contributed by atoms with van der Waals surface area (Å²) in [6.45, 7) is 0.639. The second-order valence-corrected chi connectivity index (χ2v) is 12.0. The van der Waals surface area contributed by atoms with E-state index in [-0.39, 0.29) is 33.3 Å². The van der Waals surface area contributed by atoms with Crippen molar-refractivity contribution in [3.05, 3.63) is 98.8 Å². The molecule has 0 heterocycles. The average Bonchev–Trinajstić information content (AvgIpc) is 2.89. The highest BCUT2D eigenvalue weighted by molar-refractivity contribution is 7.89. The van der Waals surface area contributed by atoms with Crippen molar-refractivity contribution in [3.8, 4) is 0 Å². The van der Waals surface area contributed by atoms with Gasteiger partial charge in [-0.05, 0) is 91.2 Å². The molecule has 4 N–H and O–H groups in total. The van der Waals surface area contributed by atoms with Gasteiger partial charge in [0.25, 0.3) is 0 Å². The second kappa shape index (κ2) is 12.6. The summed E-state index contributed by atoms with van der Waals surface area (Å²) in [6.07, 6.45) is 4.33. The molecule has 0 radical (unpaired) electrons. The van der Waals surface area contributed by atoms with Crippen LogP contribution in [0.1, 0.15) is 60.0 Å². The van der Waals surface area contributed by atoms with Gasteiger partial charge in [0.05, 0.1) is 27.0 Å². The number of fused-ring (bicyclic) bond motifs is 1. The Morgan fingerprint density at radius 2 is 1.82 bits per heavy atom. The average molecular weight is 579 g/mol. The van der Waals surface area contributed by atoms with Crippen molar-refractivity contribution in [2.75, 3.05) is 6.54 Å². The summed E-state index contributed by atoms with van der Waals surface area (Å²) < 4.78 is 42.5. The number of aryl methyl sites for hydroxylation is 2. The first kappa shape index (κ1) is 28.5. The Bertz CT molecular complexity index is 1400. The van der Waals surface area contributed by atoms with Crippen molar-refractivity contribution in [1.29, 1.82) is 0 Å². The van der Waals surface area contributed by atoms with E-state index in [1.165, 1.54) is 53.6 Å². The molecule has 2 atom stereocenters. The number of nitrogens with two attached hydrogens (primary N) is 1. The van der Waals surface area contributed by atoms with Gasteiger partial charge in [0.15, 0.2) is 0 Å². The molecule has 3 aromatic rings. The minimum atomic E-state index is -4.07. The fourth-order valence-corrected chi connectivity index (χ4v) is 6.35. The monoisotopic (exact) mass is 577 g/mol. The van der Waals surface area contributed by atoms with Crippen LogP contribution in [0.25, 0.3) is 0 Å². The molecule has 6 nitrogen and oxygen atoms in total. The molecule has 0 saturated carbocycles. The first-order valence-corrected chi connectivity index (χ1v) is 14.7. The zero-order valence-corrected chi connectivity index (χ0v) is 23.1. The van der Waals surface area contributed by atoms with Crippen LogP contribution >= 0.6 is 23.2 Å². The predicted octanol–water partition coefficient (Wildman–Crippen LogP) is 5.63. The molecular formula is C28H30Cl2FN3O3S. The van der Waals surface area contributed by atoms with Crippen LogP contribution in [-0.2, 0) is 27.7 Å². The lowest BCUT2D eigenvalue weighted by Gasteiger charge is -2.28. The van der Waals surface area contributed by atoms with Crippen LogP contribution in [0.2, 0.25) is 10.0 Å². The van der Waals surface area contributed by atoms with Crippen LogP contribution in [0.4, 0.5) is 4.39 Å². The van der Waals surface area contributed by atoms with E-state index in [4.69, 9.17) is 28.9 Å². The van der Waals surface area contributed by atoms with E-state index < -0.39 is 21.9 Å². The molecule has 0 saturated heterocycles. The Kier molecular flexibility index (Phi) is 9.44. The Hall–Kier alpha value is -2.49. The lowest BCUT2D eigenvalue weighted by Crippen LogP contribution is -2.36. The van der Waals surface area contributed by atoms with Crippen LogP contribution in [-0.4, -0.2) is 20.9 Å². The number of nitrogens with one attached hydrogen (secondary N) is 2. The molecule has 0 aromatic heterocycles. The van der Waals surface area contributed by atoms with Gasteiger partial charge in [-0.25, -0.2) is 17.5 Å². The number of benzene rings is 3. The SMILES string of the molecule is NCCCc1ccc2c(c1)CCC[C@H]2NC(=O)C[C@@H](NS(=O)(=O)c1ccc(Cl)c(Cl)c1)c1ccc(F)cc1. The predicted molar refractivity (Wildman–Crippen MR) is 148 cm³/mol. The van der Waals surface area contributed by atoms with Gasteiger partial charge in [0.1, 0.15) is 5.82 Å². The Morgan fingerprint density at radius 1 is 1.05 bits per heavy atom. The molecule has 0 unspecified atom stereocenters. The Balaban J connectivity index is 1.53. The largest absolute Gasteiger partial charge is 0.349 e. The molecule has 4 rings (SSSR count). The third-order valence-corrected chi connectivity index (χ3v) is 8.90. The minimum absolute atomic E-state index is 0.0905. The van der Waals surface area contributed by atoms with Gasteiger partial charge in [-0.15, -0.1) is 0 Å². The Morgan fingerprint density at radius 3 is 2.53 bits per heavy atom. The van der Waals surface area contributed by atoms with E-state index in [0.717, 1.165) is 37.7 Å².